The van der Waals surface area contributed by atoms with E-state index in [1.54, 1.807) is 12.1 Å². The van der Waals surface area contributed by atoms with E-state index in [1.165, 1.54) is 12.1 Å². The van der Waals surface area contributed by atoms with Gasteiger partial charge in [0, 0.05) is 11.3 Å². The molecule has 0 saturated heterocycles. The first-order chi connectivity index (χ1) is 8.99. The second-order valence-electron chi connectivity index (χ2n) is 3.80. The molecule has 0 aliphatic carbocycles. The molecule has 2 rings (SSSR count). The van der Waals surface area contributed by atoms with Gasteiger partial charge in [0.05, 0.1) is 5.69 Å². The highest BCUT2D eigenvalue weighted by atomic mass is 19.2. The molecule has 0 spiro atoms. The monoisotopic (exact) mass is 266 g/mol. The van der Waals surface area contributed by atoms with Crippen LogP contribution < -0.4 is 11.1 Å². The highest BCUT2D eigenvalue weighted by Crippen LogP contribution is 2.20. The fraction of sp³-hybridized carbons (Fsp3) is 0. The van der Waals surface area contributed by atoms with Crippen LogP contribution in [0.25, 0.3) is 0 Å². The van der Waals surface area contributed by atoms with E-state index in [0.717, 1.165) is 12.1 Å². The number of benzene rings is 2. The number of nitrogen functional groups attached to an aromatic ring is 1. The van der Waals surface area contributed by atoms with Crippen LogP contribution in [0.15, 0.2) is 36.4 Å². The molecule has 0 unspecified atom stereocenters. The van der Waals surface area contributed by atoms with Gasteiger partial charge >= 0.3 is 0 Å². The molecule has 0 aliphatic rings. The summed E-state index contributed by atoms with van der Waals surface area (Å²) >= 11 is 0. The molecule has 1 amide bonds. The normalized spacial score (nSPS) is 10.3. The fourth-order valence-corrected chi connectivity index (χ4v) is 1.50. The lowest BCUT2D eigenvalue weighted by molar-refractivity contribution is 0.102. The standard InChI is InChI=1S/C13H9F3N2O/c14-9-4-5-10(12(16)11(9)15)18-13(19)7-2-1-3-8(17)6-7/h1-6H,17H2,(H,18,19). The second kappa shape index (κ2) is 5.01. The van der Waals surface area contributed by atoms with Crippen molar-refractivity contribution < 1.29 is 18.0 Å². The van der Waals surface area contributed by atoms with E-state index in [-0.39, 0.29) is 5.56 Å². The molecule has 2 aromatic rings. The van der Waals surface area contributed by atoms with Gasteiger partial charge in [-0.1, -0.05) is 6.07 Å². The van der Waals surface area contributed by atoms with Crippen molar-refractivity contribution in [1.82, 2.24) is 0 Å². The average Bonchev–Trinajstić information content (AvgIpc) is 2.39. The van der Waals surface area contributed by atoms with E-state index in [9.17, 15) is 18.0 Å². The van der Waals surface area contributed by atoms with E-state index in [0.29, 0.717) is 5.69 Å². The van der Waals surface area contributed by atoms with Crippen molar-refractivity contribution in [1.29, 1.82) is 0 Å². The zero-order valence-corrected chi connectivity index (χ0v) is 9.58. The van der Waals surface area contributed by atoms with Crippen LogP contribution in [0.2, 0.25) is 0 Å². The Hall–Kier alpha value is -2.50. The van der Waals surface area contributed by atoms with Gasteiger partial charge in [-0.25, -0.2) is 13.2 Å². The lowest BCUT2D eigenvalue weighted by Gasteiger charge is -2.07. The highest BCUT2D eigenvalue weighted by Gasteiger charge is 2.15. The van der Waals surface area contributed by atoms with E-state index in [2.05, 4.69) is 5.32 Å². The number of halogens is 3. The molecule has 0 saturated carbocycles. The molecule has 3 N–H and O–H groups in total. The Kier molecular flexibility index (Phi) is 3.41. The van der Waals surface area contributed by atoms with Crippen LogP contribution in [-0.2, 0) is 0 Å². The summed E-state index contributed by atoms with van der Waals surface area (Å²) in [7, 11) is 0. The number of nitrogens with two attached hydrogens (primary N) is 1. The summed E-state index contributed by atoms with van der Waals surface area (Å²) in [5.74, 6) is -5.07. The zero-order chi connectivity index (χ0) is 14.0. The molecule has 0 fully saturated rings. The number of carbonyl (C=O) groups excluding carboxylic acids is 1. The van der Waals surface area contributed by atoms with E-state index < -0.39 is 29.0 Å². The second-order valence-corrected chi connectivity index (χ2v) is 3.80. The predicted octanol–water partition coefficient (Wildman–Crippen LogP) is 2.94. The molecule has 2 aromatic carbocycles. The maximum absolute atomic E-state index is 13.4. The lowest BCUT2D eigenvalue weighted by Crippen LogP contribution is -2.14. The SMILES string of the molecule is Nc1cccc(C(=O)Nc2ccc(F)c(F)c2F)c1. The molecular weight excluding hydrogens is 257 g/mol. The van der Waals surface area contributed by atoms with Crippen molar-refractivity contribution in [2.24, 2.45) is 0 Å². The van der Waals surface area contributed by atoms with Gasteiger partial charge in [0.1, 0.15) is 0 Å². The summed E-state index contributed by atoms with van der Waals surface area (Å²) < 4.78 is 39.1. The van der Waals surface area contributed by atoms with Crippen LogP contribution in [0.5, 0.6) is 0 Å². The lowest BCUT2D eigenvalue weighted by atomic mass is 10.2. The molecule has 0 bridgehead atoms. The summed E-state index contributed by atoms with van der Waals surface area (Å²) in [4.78, 5) is 11.8. The van der Waals surface area contributed by atoms with Crippen LogP contribution in [0.4, 0.5) is 24.5 Å². The first-order valence-electron chi connectivity index (χ1n) is 5.29. The molecule has 0 heterocycles. The Bertz CT molecular complexity index is 644. The number of hydrogen-bond donors (Lipinski definition) is 2. The first kappa shape index (κ1) is 12.9. The van der Waals surface area contributed by atoms with Gasteiger partial charge in [0.15, 0.2) is 17.5 Å². The summed E-state index contributed by atoms with van der Waals surface area (Å²) in [6.45, 7) is 0. The van der Waals surface area contributed by atoms with Crippen molar-refractivity contribution in [3.05, 3.63) is 59.4 Å². The predicted molar refractivity (Wildman–Crippen MR) is 65.1 cm³/mol. The van der Waals surface area contributed by atoms with Gasteiger partial charge in [-0.2, -0.15) is 0 Å². The summed E-state index contributed by atoms with van der Waals surface area (Å²) in [6.07, 6.45) is 0. The molecule has 19 heavy (non-hydrogen) atoms. The minimum Gasteiger partial charge on any atom is -0.399 e. The number of anilines is 2. The molecule has 6 heteroatoms. The smallest absolute Gasteiger partial charge is 0.255 e. The van der Waals surface area contributed by atoms with Gasteiger partial charge in [-0.15, -0.1) is 0 Å². The number of amides is 1. The third-order valence-corrected chi connectivity index (χ3v) is 2.43. The minimum absolute atomic E-state index is 0.184. The van der Waals surface area contributed by atoms with Crippen molar-refractivity contribution in [2.45, 2.75) is 0 Å². The van der Waals surface area contributed by atoms with Gasteiger partial charge in [0.2, 0.25) is 0 Å². The average molecular weight is 266 g/mol. The van der Waals surface area contributed by atoms with Crippen LogP contribution >= 0.6 is 0 Å². The Morgan fingerprint density at radius 3 is 2.47 bits per heavy atom. The Morgan fingerprint density at radius 2 is 1.79 bits per heavy atom. The first-order valence-corrected chi connectivity index (χ1v) is 5.29. The van der Waals surface area contributed by atoms with Crippen LogP contribution in [0.3, 0.4) is 0 Å². The van der Waals surface area contributed by atoms with Crippen LogP contribution in [0, 0.1) is 17.5 Å². The van der Waals surface area contributed by atoms with Gasteiger partial charge in [0.25, 0.3) is 5.91 Å². The van der Waals surface area contributed by atoms with E-state index >= 15 is 0 Å². The zero-order valence-electron chi connectivity index (χ0n) is 9.58. The number of carbonyl (C=O) groups is 1. The summed E-state index contributed by atoms with van der Waals surface area (Å²) in [6, 6.07) is 7.64. The number of rotatable bonds is 2. The van der Waals surface area contributed by atoms with Crippen molar-refractivity contribution in [3.63, 3.8) is 0 Å². The van der Waals surface area contributed by atoms with Crippen molar-refractivity contribution in [2.75, 3.05) is 11.1 Å². The topological polar surface area (TPSA) is 55.1 Å². The van der Waals surface area contributed by atoms with Crippen molar-refractivity contribution in [3.8, 4) is 0 Å². The molecule has 98 valence electrons. The Labute approximate surface area is 106 Å². The third kappa shape index (κ3) is 2.67. The Balaban J connectivity index is 2.27. The molecule has 0 aliphatic heterocycles. The summed E-state index contributed by atoms with van der Waals surface area (Å²) in [5.41, 5.74) is 5.61. The molecule has 0 aromatic heterocycles. The largest absolute Gasteiger partial charge is 0.399 e. The number of nitrogens with one attached hydrogen (secondary N) is 1. The molecule has 3 nitrogen and oxygen atoms in total. The molecule has 0 radical (unpaired) electrons. The van der Waals surface area contributed by atoms with E-state index in [1.807, 2.05) is 0 Å². The van der Waals surface area contributed by atoms with E-state index in [4.69, 9.17) is 5.73 Å². The van der Waals surface area contributed by atoms with Gasteiger partial charge in [-0.3, -0.25) is 4.79 Å². The molecular formula is C13H9F3N2O. The van der Waals surface area contributed by atoms with Crippen LogP contribution in [-0.4, -0.2) is 5.91 Å². The van der Waals surface area contributed by atoms with Crippen LogP contribution in [0.1, 0.15) is 10.4 Å². The van der Waals surface area contributed by atoms with Crippen molar-refractivity contribution >= 4 is 17.3 Å². The third-order valence-electron chi connectivity index (χ3n) is 2.43. The van der Waals surface area contributed by atoms with Gasteiger partial charge < -0.3 is 11.1 Å². The fourth-order valence-electron chi connectivity index (χ4n) is 1.50. The Morgan fingerprint density at radius 1 is 1.05 bits per heavy atom. The minimum atomic E-state index is -1.63. The quantitative estimate of drug-likeness (QED) is 0.648. The van der Waals surface area contributed by atoms with Gasteiger partial charge in [-0.05, 0) is 30.3 Å². The number of hydrogen-bond acceptors (Lipinski definition) is 2. The highest BCUT2D eigenvalue weighted by molar-refractivity contribution is 6.04. The maximum Gasteiger partial charge on any atom is 0.255 e. The maximum atomic E-state index is 13.4. The summed E-state index contributed by atoms with van der Waals surface area (Å²) in [5, 5.41) is 2.15. The molecule has 0 atom stereocenters.